The summed E-state index contributed by atoms with van der Waals surface area (Å²) >= 11 is 0. The topological polar surface area (TPSA) is 60.1 Å². The van der Waals surface area contributed by atoms with Gasteiger partial charge < -0.3 is 13.9 Å². The Bertz CT molecular complexity index is 731. The minimum Gasteiger partial charge on any atom is -0.398 e. The lowest BCUT2D eigenvalue weighted by atomic mass is 9.86. The highest BCUT2D eigenvalue weighted by atomic mass is 16.7. The summed E-state index contributed by atoms with van der Waals surface area (Å²) in [6.07, 6.45) is 1.84. The van der Waals surface area contributed by atoms with Gasteiger partial charge in [0, 0.05) is 12.7 Å². The molecule has 0 bridgehead atoms. The van der Waals surface area contributed by atoms with E-state index < -0.39 is 18.3 Å². The van der Waals surface area contributed by atoms with E-state index in [1.54, 1.807) is 0 Å². The zero-order valence-corrected chi connectivity index (χ0v) is 13.9. The van der Waals surface area contributed by atoms with E-state index in [4.69, 9.17) is 9.31 Å². The summed E-state index contributed by atoms with van der Waals surface area (Å²) in [6.45, 7) is 8.59. The van der Waals surface area contributed by atoms with Crippen molar-refractivity contribution in [1.82, 2.24) is 9.55 Å². The van der Waals surface area contributed by atoms with Crippen molar-refractivity contribution in [1.29, 1.82) is 5.26 Å². The first kappa shape index (κ1) is 15.8. The van der Waals surface area contributed by atoms with Crippen molar-refractivity contribution >= 4 is 12.7 Å². The van der Waals surface area contributed by atoms with Gasteiger partial charge in [-0.25, -0.2) is 4.98 Å². The molecule has 0 N–H and O–H groups in total. The summed E-state index contributed by atoms with van der Waals surface area (Å²) in [7, 11) is -0.552. The molecule has 5 nitrogen and oxygen atoms in total. The predicted octanol–water partition coefficient (Wildman–Crippen LogP) is 2.10. The molecular weight excluding hydrogens is 289 g/mol. The normalized spacial score (nSPS) is 18.8. The van der Waals surface area contributed by atoms with Crippen molar-refractivity contribution < 1.29 is 9.31 Å². The Kier molecular flexibility index (Phi) is 3.79. The summed E-state index contributed by atoms with van der Waals surface area (Å²) in [5.74, 6) is 0.360. The van der Waals surface area contributed by atoms with Gasteiger partial charge in [-0.15, -0.1) is 0 Å². The van der Waals surface area contributed by atoms with E-state index >= 15 is 0 Å². The van der Waals surface area contributed by atoms with Crippen LogP contribution in [0.2, 0.25) is 0 Å². The van der Waals surface area contributed by atoms with Gasteiger partial charge in [-0.2, -0.15) is 5.26 Å². The Morgan fingerprint density at radius 2 is 1.74 bits per heavy atom. The Hall–Kier alpha value is -2.10. The van der Waals surface area contributed by atoms with Crippen molar-refractivity contribution in [3.63, 3.8) is 0 Å². The van der Waals surface area contributed by atoms with Crippen LogP contribution in [0.5, 0.6) is 0 Å². The first-order chi connectivity index (χ1) is 10.8. The van der Waals surface area contributed by atoms with Crippen LogP contribution in [0.3, 0.4) is 0 Å². The second-order valence-electron chi connectivity index (χ2n) is 6.80. The zero-order chi connectivity index (χ0) is 16.7. The molecule has 1 saturated heterocycles. The average molecular weight is 309 g/mol. The van der Waals surface area contributed by atoms with Crippen LogP contribution in [0.4, 0.5) is 0 Å². The quantitative estimate of drug-likeness (QED) is 0.815. The molecule has 23 heavy (non-hydrogen) atoms. The molecule has 2 heterocycles. The Balaban J connectivity index is 1.87. The highest BCUT2D eigenvalue weighted by Gasteiger charge is 2.52. The molecule has 118 valence electrons. The van der Waals surface area contributed by atoms with E-state index in [2.05, 4.69) is 11.1 Å². The maximum absolute atomic E-state index is 9.34. The third kappa shape index (κ3) is 2.90. The van der Waals surface area contributed by atoms with Crippen LogP contribution in [0, 0.1) is 11.3 Å². The highest BCUT2D eigenvalue weighted by molar-refractivity contribution is 6.61. The average Bonchev–Trinajstić information content (AvgIpc) is 2.98. The van der Waals surface area contributed by atoms with Crippen LogP contribution < -0.4 is 5.59 Å². The highest BCUT2D eigenvalue weighted by Crippen LogP contribution is 2.36. The number of hydrogen-bond acceptors (Lipinski definition) is 4. The SMILES string of the molecule is CC1(C)OB(c2cn(Cc3ccccc3)c(C#N)n2)OC1(C)C. The molecule has 2 aromatic rings. The molecule has 6 heteroatoms. The van der Waals surface area contributed by atoms with Crippen molar-refractivity contribution in [2.45, 2.75) is 45.4 Å². The lowest BCUT2D eigenvalue weighted by Crippen LogP contribution is -2.41. The van der Waals surface area contributed by atoms with E-state index in [1.807, 2.05) is 68.8 Å². The van der Waals surface area contributed by atoms with Crippen molar-refractivity contribution in [3.05, 3.63) is 47.9 Å². The summed E-state index contributed by atoms with van der Waals surface area (Å²) in [6, 6.07) is 12.1. The lowest BCUT2D eigenvalue weighted by molar-refractivity contribution is 0.00578. The molecule has 3 rings (SSSR count). The molecular formula is C17H20BN3O2. The summed E-state index contributed by atoms with van der Waals surface area (Å²) in [4.78, 5) is 4.39. The van der Waals surface area contributed by atoms with E-state index in [0.29, 0.717) is 18.0 Å². The molecule has 0 radical (unpaired) electrons. The van der Waals surface area contributed by atoms with Crippen LogP contribution >= 0.6 is 0 Å². The maximum atomic E-state index is 9.34. The Morgan fingerprint density at radius 3 is 2.30 bits per heavy atom. The van der Waals surface area contributed by atoms with Crippen molar-refractivity contribution in [2.75, 3.05) is 0 Å². The Morgan fingerprint density at radius 1 is 1.13 bits per heavy atom. The minimum absolute atomic E-state index is 0.360. The van der Waals surface area contributed by atoms with Crippen LogP contribution in [-0.2, 0) is 15.9 Å². The molecule has 1 aliphatic rings. The standard InChI is InChI=1S/C17H20BN3O2/c1-16(2)17(3,4)23-18(22-16)14-12-21(15(10-19)20-14)11-13-8-6-5-7-9-13/h5-9,12H,11H2,1-4H3. The van der Waals surface area contributed by atoms with Gasteiger partial charge in [0.1, 0.15) is 6.07 Å². The third-order valence-electron chi connectivity index (χ3n) is 4.59. The number of nitrogens with zero attached hydrogens (tertiary/aromatic N) is 3. The fraction of sp³-hybridized carbons (Fsp3) is 0.412. The largest absolute Gasteiger partial charge is 0.516 e. The number of nitriles is 1. The van der Waals surface area contributed by atoms with Gasteiger partial charge in [-0.05, 0) is 33.3 Å². The van der Waals surface area contributed by atoms with Gasteiger partial charge in [0.15, 0.2) is 0 Å². The van der Waals surface area contributed by atoms with Gasteiger partial charge >= 0.3 is 7.12 Å². The van der Waals surface area contributed by atoms with Gasteiger partial charge in [-0.1, -0.05) is 30.3 Å². The second kappa shape index (κ2) is 5.52. The predicted molar refractivity (Wildman–Crippen MR) is 88.2 cm³/mol. The first-order valence-electron chi connectivity index (χ1n) is 7.69. The monoisotopic (exact) mass is 309 g/mol. The van der Waals surface area contributed by atoms with E-state index in [1.165, 1.54) is 0 Å². The first-order valence-corrected chi connectivity index (χ1v) is 7.69. The fourth-order valence-electron chi connectivity index (χ4n) is 2.50. The van der Waals surface area contributed by atoms with Crippen LogP contribution in [0.1, 0.15) is 39.1 Å². The Labute approximate surface area is 137 Å². The van der Waals surface area contributed by atoms with E-state index in [0.717, 1.165) is 5.56 Å². The number of hydrogen-bond donors (Lipinski definition) is 0. The number of rotatable bonds is 3. The van der Waals surface area contributed by atoms with Gasteiger partial charge in [0.05, 0.1) is 16.8 Å². The molecule has 0 unspecified atom stereocenters. The third-order valence-corrected chi connectivity index (χ3v) is 4.59. The van der Waals surface area contributed by atoms with Gasteiger partial charge in [0.25, 0.3) is 0 Å². The molecule has 0 atom stereocenters. The molecule has 1 aromatic carbocycles. The molecule has 1 aromatic heterocycles. The minimum atomic E-state index is -0.552. The fourth-order valence-corrected chi connectivity index (χ4v) is 2.50. The summed E-state index contributed by atoms with van der Waals surface area (Å²) in [5.41, 5.74) is 0.902. The second-order valence-corrected chi connectivity index (χ2v) is 6.80. The van der Waals surface area contributed by atoms with E-state index in [9.17, 15) is 5.26 Å². The summed E-state index contributed by atoms with van der Waals surface area (Å²) in [5, 5.41) is 9.34. The number of aromatic nitrogens is 2. The van der Waals surface area contributed by atoms with Gasteiger partial charge in [0.2, 0.25) is 5.82 Å². The van der Waals surface area contributed by atoms with E-state index in [-0.39, 0.29) is 0 Å². The molecule has 1 aliphatic heterocycles. The van der Waals surface area contributed by atoms with Crippen LogP contribution in [-0.4, -0.2) is 27.9 Å². The molecule has 0 aliphatic carbocycles. The molecule has 0 saturated carbocycles. The number of benzene rings is 1. The lowest BCUT2D eigenvalue weighted by Gasteiger charge is -2.32. The molecule has 0 spiro atoms. The smallest absolute Gasteiger partial charge is 0.398 e. The summed E-state index contributed by atoms with van der Waals surface area (Å²) < 4.78 is 13.8. The van der Waals surface area contributed by atoms with Gasteiger partial charge in [-0.3, -0.25) is 0 Å². The number of imidazole rings is 1. The van der Waals surface area contributed by atoms with Crippen LogP contribution in [0.15, 0.2) is 36.5 Å². The molecule has 1 fully saturated rings. The van der Waals surface area contributed by atoms with Crippen molar-refractivity contribution in [3.8, 4) is 6.07 Å². The maximum Gasteiger partial charge on any atom is 0.516 e. The zero-order valence-electron chi connectivity index (χ0n) is 13.9. The van der Waals surface area contributed by atoms with Crippen molar-refractivity contribution in [2.24, 2.45) is 0 Å². The molecule has 0 amide bonds. The van der Waals surface area contributed by atoms with Crippen LogP contribution in [0.25, 0.3) is 0 Å².